The van der Waals surface area contributed by atoms with Gasteiger partial charge in [0.25, 0.3) is 6.43 Å². The molecular weight excluding hydrogens is 162 g/mol. The number of halogens is 2. The van der Waals surface area contributed by atoms with Gasteiger partial charge in [-0.1, -0.05) is 0 Å². The maximum atomic E-state index is 12.3. The first-order valence-corrected chi connectivity index (χ1v) is 4.07. The minimum Gasteiger partial charge on any atom is -0.264 e. The van der Waals surface area contributed by atoms with E-state index in [9.17, 15) is 8.78 Å². The Morgan fingerprint density at radius 1 is 1.58 bits per heavy atom. The van der Waals surface area contributed by atoms with Crippen LogP contribution >= 0.6 is 0 Å². The highest BCUT2D eigenvalue weighted by Crippen LogP contribution is 2.31. The third-order valence-electron chi connectivity index (χ3n) is 2.10. The van der Waals surface area contributed by atoms with E-state index in [4.69, 9.17) is 0 Å². The first-order chi connectivity index (χ1) is 5.77. The number of hydrogen-bond acceptors (Lipinski definition) is 1. The van der Waals surface area contributed by atoms with Crippen molar-refractivity contribution in [3.05, 3.63) is 18.0 Å². The van der Waals surface area contributed by atoms with Crippen LogP contribution in [0, 0.1) is 5.92 Å². The minimum absolute atomic E-state index is 0.0434. The zero-order chi connectivity index (χ0) is 8.55. The third-order valence-corrected chi connectivity index (χ3v) is 2.10. The van der Waals surface area contributed by atoms with E-state index in [2.05, 4.69) is 5.10 Å². The molecule has 0 N–H and O–H groups in total. The molecule has 1 heterocycles. The summed E-state index contributed by atoms with van der Waals surface area (Å²) in [6.45, 7) is 0.659. The quantitative estimate of drug-likeness (QED) is 0.683. The average Bonchev–Trinajstić information content (AvgIpc) is 2.66. The van der Waals surface area contributed by atoms with E-state index in [1.54, 1.807) is 0 Å². The highest BCUT2D eigenvalue weighted by atomic mass is 19.3. The lowest BCUT2D eigenvalue weighted by Crippen LogP contribution is -2.06. The average molecular weight is 172 g/mol. The fourth-order valence-corrected chi connectivity index (χ4v) is 1.23. The Morgan fingerprint density at radius 3 is 2.92 bits per heavy atom. The van der Waals surface area contributed by atoms with E-state index in [0.717, 1.165) is 12.8 Å². The summed E-state index contributed by atoms with van der Waals surface area (Å²) in [5.41, 5.74) is 0.0434. The second-order valence-electron chi connectivity index (χ2n) is 3.18. The molecule has 12 heavy (non-hydrogen) atoms. The lowest BCUT2D eigenvalue weighted by atomic mass is 10.4. The van der Waals surface area contributed by atoms with Gasteiger partial charge < -0.3 is 0 Å². The normalized spacial score (nSPS) is 17.2. The van der Waals surface area contributed by atoms with Crippen LogP contribution in [-0.4, -0.2) is 9.78 Å². The predicted octanol–water partition coefficient (Wildman–Crippen LogP) is 2.23. The van der Waals surface area contributed by atoms with Crippen molar-refractivity contribution in [3.8, 4) is 0 Å². The molecule has 0 amide bonds. The van der Waals surface area contributed by atoms with E-state index < -0.39 is 6.43 Å². The molecule has 66 valence electrons. The van der Waals surface area contributed by atoms with Gasteiger partial charge in [-0.25, -0.2) is 8.78 Å². The summed E-state index contributed by atoms with van der Waals surface area (Å²) >= 11 is 0. The SMILES string of the molecule is FC(F)c1ccnn1CC1CC1. The van der Waals surface area contributed by atoms with Crippen LogP contribution in [0.1, 0.15) is 25.0 Å². The van der Waals surface area contributed by atoms with Crippen molar-refractivity contribution >= 4 is 0 Å². The van der Waals surface area contributed by atoms with E-state index in [1.807, 2.05) is 0 Å². The van der Waals surface area contributed by atoms with Crippen molar-refractivity contribution in [3.63, 3.8) is 0 Å². The van der Waals surface area contributed by atoms with Gasteiger partial charge in [-0.15, -0.1) is 0 Å². The molecule has 1 aromatic heterocycles. The molecule has 0 atom stereocenters. The van der Waals surface area contributed by atoms with Crippen molar-refractivity contribution in [2.75, 3.05) is 0 Å². The summed E-state index contributed by atoms with van der Waals surface area (Å²) in [6.07, 6.45) is 1.35. The Morgan fingerprint density at radius 2 is 2.33 bits per heavy atom. The molecule has 1 aliphatic rings. The highest BCUT2D eigenvalue weighted by molar-refractivity contribution is 5.02. The van der Waals surface area contributed by atoms with Gasteiger partial charge in [0.1, 0.15) is 5.69 Å². The molecule has 0 unspecified atom stereocenters. The topological polar surface area (TPSA) is 17.8 Å². The van der Waals surface area contributed by atoms with Crippen LogP contribution in [-0.2, 0) is 6.54 Å². The van der Waals surface area contributed by atoms with E-state index in [0.29, 0.717) is 12.5 Å². The van der Waals surface area contributed by atoms with Crippen molar-refractivity contribution < 1.29 is 8.78 Å². The van der Waals surface area contributed by atoms with Crippen molar-refractivity contribution in [1.82, 2.24) is 9.78 Å². The summed E-state index contributed by atoms with van der Waals surface area (Å²) in [4.78, 5) is 0. The van der Waals surface area contributed by atoms with Gasteiger partial charge in [-0.05, 0) is 24.8 Å². The summed E-state index contributed by atoms with van der Waals surface area (Å²) in [5.74, 6) is 0.586. The zero-order valence-corrected chi connectivity index (χ0v) is 6.58. The minimum atomic E-state index is -2.40. The summed E-state index contributed by atoms with van der Waals surface area (Å²) in [7, 11) is 0. The van der Waals surface area contributed by atoms with Crippen LogP contribution in [0.15, 0.2) is 12.3 Å². The first kappa shape index (κ1) is 7.71. The molecular formula is C8H10F2N2. The Kier molecular flexibility index (Phi) is 1.83. The number of nitrogens with zero attached hydrogens (tertiary/aromatic N) is 2. The van der Waals surface area contributed by atoms with E-state index in [1.165, 1.54) is 16.9 Å². The maximum absolute atomic E-state index is 12.3. The Balaban J connectivity index is 2.11. The molecule has 1 fully saturated rings. The summed E-state index contributed by atoms with van der Waals surface area (Å²) in [6, 6.07) is 1.38. The van der Waals surface area contributed by atoms with Gasteiger partial charge in [0.2, 0.25) is 0 Å². The largest absolute Gasteiger partial charge is 0.280 e. The predicted molar refractivity (Wildman–Crippen MR) is 39.9 cm³/mol. The van der Waals surface area contributed by atoms with Gasteiger partial charge in [0.05, 0.1) is 0 Å². The lowest BCUT2D eigenvalue weighted by Gasteiger charge is -2.04. The van der Waals surface area contributed by atoms with Gasteiger partial charge in [0.15, 0.2) is 0 Å². The van der Waals surface area contributed by atoms with Crippen LogP contribution in [0.2, 0.25) is 0 Å². The van der Waals surface area contributed by atoms with Crippen LogP contribution in [0.5, 0.6) is 0 Å². The van der Waals surface area contributed by atoms with Gasteiger partial charge in [0, 0.05) is 12.7 Å². The number of aromatic nitrogens is 2. The van der Waals surface area contributed by atoms with E-state index in [-0.39, 0.29) is 5.69 Å². The van der Waals surface area contributed by atoms with Gasteiger partial charge in [-0.2, -0.15) is 5.10 Å². The zero-order valence-electron chi connectivity index (χ0n) is 6.58. The Labute approximate surface area is 69.2 Å². The maximum Gasteiger partial charge on any atom is 0.280 e. The van der Waals surface area contributed by atoms with Crippen molar-refractivity contribution in [2.45, 2.75) is 25.8 Å². The Hall–Kier alpha value is -0.930. The molecule has 1 aliphatic carbocycles. The first-order valence-electron chi connectivity index (χ1n) is 4.07. The molecule has 0 bridgehead atoms. The lowest BCUT2D eigenvalue weighted by molar-refractivity contribution is 0.138. The number of hydrogen-bond donors (Lipinski definition) is 0. The Bertz CT molecular complexity index is 266. The second kappa shape index (κ2) is 2.84. The van der Waals surface area contributed by atoms with Gasteiger partial charge >= 0.3 is 0 Å². The molecule has 2 nitrogen and oxygen atoms in total. The van der Waals surface area contributed by atoms with Crippen LogP contribution in [0.3, 0.4) is 0 Å². The molecule has 0 spiro atoms. The molecule has 0 aliphatic heterocycles. The fourth-order valence-electron chi connectivity index (χ4n) is 1.23. The molecule has 0 radical (unpaired) electrons. The smallest absolute Gasteiger partial charge is 0.264 e. The molecule has 1 aromatic rings. The third kappa shape index (κ3) is 1.47. The standard InChI is InChI=1S/C8H10F2N2/c9-8(10)7-3-4-11-12(7)5-6-1-2-6/h3-4,6,8H,1-2,5H2. The summed E-state index contributed by atoms with van der Waals surface area (Å²) in [5, 5.41) is 3.85. The number of rotatable bonds is 3. The van der Waals surface area contributed by atoms with Gasteiger partial charge in [-0.3, -0.25) is 4.68 Å². The van der Waals surface area contributed by atoms with Crippen LogP contribution in [0.4, 0.5) is 8.78 Å². The molecule has 4 heteroatoms. The fraction of sp³-hybridized carbons (Fsp3) is 0.625. The number of alkyl halides is 2. The molecule has 0 aromatic carbocycles. The van der Waals surface area contributed by atoms with Crippen LogP contribution < -0.4 is 0 Å². The monoisotopic (exact) mass is 172 g/mol. The molecule has 0 saturated heterocycles. The summed E-state index contributed by atoms with van der Waals surface area (Å²) < 4.78 is 26.0. The van der Waals surface area contributed by atoms with E-state index >= 15 is 0 Å². The highest BCUT2D eigenvalue weighted by Gasteiger charge is 2.24. The second-order valence-corrected chi connectivity index (χ2v) is 3.18. The van der Waals surface area contributed by atoms with Crippen molar-refractivity contribution in [2.24, 2.45) is 5.92 Å². The van der Waals surface area contributed by atoms with Crippen LogP contribution in [0.25, 0.3) is 0 Å². The van der Waals surface area contributed by atoms with Crippen molar-refractivity contribution in [1.29, 1.82) is 0 Å². The molecule has 2 rings (SSSR count). The molecule has 1 saturated carbocycles.